The molecule has 1 unspecified atom stereocenters. The van der Waals surface area contributed by atoms with E-state index in [1.807, 2.05) is 41.8 Å². The van der Waals surface area contributed by atoms with Crippen molar-refractivity contribution >= 4 is 18.3 Å². The minimum atomic E-state index is -0.275. The van der Waals surface area contributed by atoms with Crippen LogP contribution in [-0.2, 0) is 25.5 Å². The lowest BCUT2D eigenvalue weighted by atomic mass is 9.85. The van der Waals surface area contributed by atoms with Crippen molar-refractivity contribution < 1.29 is 24.2 Å². The van der Waals surface area contributed by atoms with E-state index in [-0.39, 0.29) is 35.9 Å². The highest BCUT2D eigenvalue weighted by Gasteiger charge is 2.50. The lowest BCUT2D eigenvalue weighted by molar-refractivity contribution is -0.144. The summed E-state index contributed by atoms with van der Waals surface area (Å²) in [5.41, 5.74) is 0.997. The maximum absolute atomic E-state index is 13.2. The molecule has 1 aromatic carbocycles. The van der Waals surface area contributed by atoms with E-state index >= 15 is 0 Å². The van der Waals surface area contributed by atoms with E-state index in [4.69, 9.17) is 14.6 Å². The van der Waals surface area contributed by atoms with Gasteiger partial charge >= 0.3 is 0 Å². The highest BCUT2D eigenvalue weighted by molar-refractivity contribution is 5.86. The van der Waals surface area contributed by atoms with Gasteiger partial charge < -0.3 is 19.6 Å². The Hall–Kier alpha value is -2.45. The van der Waals surface area contributed by atoms with E-state index in [9.17, 15) is 9.59 Å². The number of nitrogens with zero attached hydrogens (tertiary/aromatic N) is 3. The number of likely N-dealkylation sites (tertiary alicyclic amines) is 2. The van der Waals surface area contributed by atoms with Gasteiger partial charge in [0.05, 0.1) is 24.2 Å². The van der Waals surface area contributed by atoms with E-state index in [1.54, 1.807) is 0 Å². The van der Waals surface area contributed by atoms with Crippen LogP contribution >= 0.6 is 0 Å². The van der Waals surface area contributed by atoms with Gasteiger partial charge in [0.25, 0.3) is 6.47 Å². The van der Waals surface area contributed by atoms with Crippen molar-refractivity contribution in [1.82, 2.24) is 14.7 Å². The average molecular weight is 446 g/mol. The van der Waals surface area contributed by atoms with Gasteiger partial charge in [0.1, 0.15) is 0 Å². The van der Waals surface area contributed by atoms with Gasteiger partial charge in [-0.2, -0.15) is 0 Å². The van der Waals surface area contributed by atoms with Gasteiger partial charge in [-0.15, -0.1) is 0 Å². The Morgan fingerprint density at radius 2 is 1.78 bits per heavy atom. The molecule has 0 aliphatic carbocycles. The Morgan fingerprint density at radius 3 is 2.44 bits per heavy atom. The van der Waals surface area contributed by atoms with E-state index in [1.165, 1.54) is 5.56 Å². The van der Waals surface area contributed by atoms with Crippen LogP contribution in [-0.4, -0.2) is 96.1 Å². The van der Waals surface area contributed by atoms with Crippen molar-refractivity contribution in [3.05, 3.63) is 35.9 Å². The summed E-state index contributed by atoms with van der Waals surface area (Å²) >= 11 is 0. The van der Waals surface area contributed by atoms with Crippen LogP contribution < -0.4 is 0 Å². The summed E-state index contributed by atoms with van der Waals surface area (Å²) in [6, 6.07) is 10.3. The van der Waals surface area contributed by atoms with Gasteiger partial charge in [-0.25, -0.2) is 0 Å². The molecule has 3 heterocycles. The van der Waals surface area contributed by atoms with Crippen LogP contribution in [0.1, 0.15) is 32.3 Å². The number of carboxylic acid groups (broad SMARTS) is 1. The zero-order valence-electron chi connectivity index (χ0n) is 19.1. The highest BCUT2D eigenvalue weighted by Crippen LogP contribution is 2.40. The van der Waals surface area contributed by atoms with Gasteiger partial charge in [0.2, 0.25) is 11.8 Å². The van der Waals surface area contributed by atoms with Crippen molar-refractivity contribution in [3.8, 4) is 0 Å². The maximum atomic E-state index is 13.2. The van der Waals surface area contributed by atoms with Gasteiger partial charge in [0, 0.05) is 32.7 Å². The number of hydrogen-bond donors (Lipinski definition) is 1. The Morgan fingerprint density at radius 1 is 1.16 bits per heavy atom. The number of ether oxygens (including phenoxy) is 1. The molecule has 3 aliphatic heterocycles. The molecule has 2 amide bonds. The topological polar surface area (TPSA) is 90.4 Å². The van der Waals surface area contributed by atoms with Crippen molar-refractivity contribution in [1.29, 1.82) is 0 Å². The molecule has 0 aromatic heterocycles. The molecule has 1 aromatic rings. The second-order valence-corrected chi connectivity index (χ2v) is 9.18. The smallest absolute Gasteiger partial charge is 0.290 e. The number of hydrogen-bond acceptors (Lipinski definition) is 5. The second-order valence-electron chi connectivity index (χ2n) is 9.18. The third-order valence-corrected chi connectivity index (χ3v) is 6.68. The van der Waals surface area contributed by atoms with Crippen molar-refractivity contribution in [2.24, 2.45) is 5.41 Å². The normalized spacial score (nSPS) is 28.0. The Bertz CT molecular complexity index is 779. The minimum absolute atomic E-state index is 0.0854. The summed E-state index contributed by atoms with van der Waals surface area (Å²) in [6.07, 6.45) is 2.86. The number of benzene rings is 1. The molecule has 0 saturated carbocycles. The van der Waals surface area contributed by atoms with Gasteiger partial charge in [-0.1, -0.05) is 30.3 Å². The van der Waals surface area contributed by atoms with E-state index in [0.717, 1.165) is 45.4 Å². The molecule has 3 aliphatic rings. The van der Waals surface area contributed by atoms with Crippen LogP contribution in [0.5, 0.6) is 0 Å². The summed E-state index contributed by atoms with van der Waals surface area (Å²) in [5, 5.41) is 6.89. The SMILES string of the molecule is C[C@@H]1CN(C(=O)CN2CCC3(CCN(CCc4ccccc4)C3=O)C2)C[C@H](C)O1.O=CO. The highest BCUT2D eigenvalue weighted by atomic mass is 16.5. The fourth-order valence-electron chi connectivity index (χ4n) is 5.16. The zero-order valence-corrected chi connectivity index (χ0v) is 19.1. The van der Waals surface area contributed by atoms with Crippen LogP contribution in [0, 0.1) is 5.41 Å². The molecule has 1 spiro atoms. The van der Waals surface area contributed by atoms with Crippen molar-refractivity contribution in [2.75, 3.05) is 45.8 Å². The monoisotopic (exact) mass is 445 g/mol. The number of carbonyl (C=O) groups is 3. The van der Waals surface area contributed by atoms with Crippen LogP contribution in [0.25, 0.3) is 0 Å². The predicted octanol–water partition coefficient (Wildman–Crippen LogP) is 1.49. The summed E-state index contributed by atoms with van der Waals surface area (Å²) < 4.78 is 5.74. The predicted molar refractivity (Wildman–Crippen MR) is 120 cm³/mol. The number of rotatable bonds is 5. The van der Waals surface area contributed by atoms with Crippen LogP contribution in [0.15, 0.2) is 30.3 Å². The first kappa shape index (κ1) is 24.2. The molecule has 4 rings (SSSR count). The molecule has 0 bridgehead atoms. The first-order chi connectivity index (χ1) is 15.4. The van der Waals surface area contributed by atoms with Crippen molar-refractivity contribution in [2.45, 2.75) is 45.3 Å². The summed E-state index contributed by atoms with van der Waals surface area (Å²) in [6.45, 7) is 8.69. The molecule has 3 fully saturated rings. The van der Waals surface area contributed by atoms with E-state index < -0.39 is 0 Å². The Kier molecular flexibility index (Phi) is 8.26. The average Bonchev–Trinajstić information content (AvgIpc) is 3.31. The molecule has 3 saturated heterocycles. The van der Waals surface area contributed by atoms with Gasteiger partial charge in [-0.3, -0.25) is 19.3 Å². The molecule has 1 N–H and O–H groups in total. The second kappa shape index (κ2) is 10.9. The Labute approximate surface area is 190 Å². The molecule has 8 nitrogen and oxygen atoms in total. The molecule has 8 heteroatoms. The third-order valence-electron chi connectivity index (χ3n) is 6.68. The van der Waals surface area contributed by atoms with Gasteiger partial charge in [0.15, 0.2) is 0 Å². The molecule has 32 heavy (non-hydrogen) atoms. The molecule has 0 radical (unpaired) electrons. The van der Waals surface area contributed by atoms with Crippen LogP contribution in [0.2, 0.25) is 0 Å². The molecule has 3 atom stereocenters. The van der Waals surface area contributed by atoms with Crippen LogP contribution in [0.3, 0.4) is 0 Å². The Balaban J connectivity index is 0.000000913. The molecule has 176 valence electrons. The van der Waals surface area contributed by atoms with Crippen LogP contribution in [0.4, 0.5) is 0 Å². The standard InChI is InChI=1S/C23H33N3O3.CH2O2/c1-18-14-26(15-19(2)29-18)21(27)16-24-12-9-23(17-24)10-13-25(22(23)28)11-8-20-6-4-3-5-7-20;2-1-3/h3-7,18-19H,8-17H2,1-2H3;1H,(H,2,3)/t18-,19+,23?;. The lowest BCUT2D eigenvalue weighted by Crippen LogP contribution is -2.51. The number of morpholine rings is 1. The van der Waals surface area contributed by atoms with Gasteiger partial charge in [-0.05, 0) is 45.2 Å². The van der Waals surface area contributed by atoms with E-state index in [2.05, 4.69) is 17.0 Å². The zero-order chi connectivity index (χ0) is 23.1. The molecular formula is C24H35N3O5. The number of amides is 2. The third kappa shape index (κ3) is 5.86. The lowest BCUT2D eigenvalue weighted by Gasteiger charge is -2.36. The summed E-state index contributed by atoms with van der Waals surface area (Å²) in [4.78, 5) is 40.4. The largest absolute Gasteiger partial charge is 0.483 e. The van der Waals surface area contributed by atoms with E-state index in [0.29, 0.717) is 19.6 Å². The minimum Gasteiger partial charge on any atom is -0.483 e. The quantitative estimate of drug-likeness (QED) is 0.691. The van der Waals surface area contributed by atoms with Crippen molar-refractivity contribution in [3.63, 3.8) is 0 Å². The fraction of sp³-hybridized carbons (Fsp3) is 0.625. The number of carbonyl (C=O) groups excluding carboxylic acids is 2. The molecular weight excluding hydrogens is 410 g/mol. The first-order valence-corrected chi connectivity index (χ1v) is 11.4. The fourth-order valence-corrected chi connectivity index (χ4v) is 5.16. The summed E-state index contributed by atoms with van der Waals surface area (Å²) in [5.74, 6) is 0.451. The first-order valence-electron chi connectivity index (χ1n) is 11.4. The maximum Gasteiger partial charge on any atom is 0.290 e. The summed E-state index contributed by atoms with van der Waals surface area (Å²) in [7, 11) is 0.